The summed E-state index contributed by atoms with van der Waals surface area (Å²) in [6.07, 6.45) is 4.99. The summed E-state index contributed by atoms with van der Waals surface area (Å²) in [5, 5.41) is 12.4. The SMILES string of the molecule is O=C1NNC(c2cnc(-c3ccc(NCC4(c5ncccc5F)CCC4)nn3)s2)O1. The molecule has 1 saturated heterocycles. The zero-order valence-corrected chi connectivity index (χ0v) is 16.6. The molecular formula is C19H18FN7O2S. The number of ether oxygens (including phenoxy) is 1. The highest BCUT2D eigenvalue weighted by molar-refractivity contribution is 7.15. The lowest BCUT2D eigenvalue weighted by Crippen LogP contribution is -2.42. The molecule has 9 nitrogen and oxygen atoms in total. The Morgan fingerprint density at radius 3 is 2.83 bits per heavy atom. The predicted octanol–water partition coefficient (Wildman–Crippen LogP) is 2.91. The van der Waals surface area contributed by atoms with Crippen molar-refractivity contribution in [3.8, 4) is 10.7 Å². The third-order valence-electron chi connectivity index (χ3n) is 5.38. The number of thiazole rings is 1. The van der Waals surface area contributed by atoms with Crippen molar-refractivity contribution in [3.05, 3.63) is 53.0 Å². The number of carbonyl (C=O) groups excluding carboxylic acids is 1. The monoisotopic (exact) mass is 427 g/mol. The highest BCUT2D eigenvalue weighted by Gasteiger charge is 2.41. The first-order valence-corrected chi connectivity index (χ1v) is 10.3. The predicted molar refractivity (Wildman–Crippen MR) is 107 cm³/mol. The molecule has 1 atom stereocenters. The summed E-state index contributed by atoms with van der Waals surface area (Å²) in [4.78, 5) is 20.5. The number of aromatic nitrogens is 4. The van der Waals surface area contributed by atoms with Crippen molar-refractivity contribution in [2.24, 2.45) is 0 Å². The van der Waals surface area contributed by atoms with Gasteiger partial charge in [-0.2, -0.15) is 5.43 Å². The molecule has 11 heteroatoms. The van der Waals surface area contributed by atoms with E-state index in [0.717, 1.165) is 24.1 Å². The second kappa shape index (κ2) is 7.58. The molecule has 1 amide bonds. The summed E-state index contributed by atoms with van der Waals surface area (Å²) in [7, 11) is 0. The van der Waals surface area contributed by atoms with Gasteiger partial charge in [-0.05, 0) is 37.1 Å². The van der Waals surface area contributed by atoms with Crippen molar-refractivity contribution < 1.29 is 13.9 Å². The molecular weight excluding hydrogens is 409 g/mol. The molecule has 1 unspecified atom stereocenters. The molecule has 0 radical (unpaired) electrons. The van der Waals surface area contributed by atoms with E-state index < -0.39 is 12.3 Å². The number of nitrogens with zero attached hydrogens (tertiary/aromatic N) is 4. The summed E-state index contributed by atoms with van der Waals surface area (Å²) in [6, 6.07) is 6.70. The van der Waals surface area contributed by atoms with Gasteiger partial charge in [0.2, 0.25) is 6.23 Å². The van der Waals surface area contributed by atoms with Crippen molar-refractivity contribution >= 4 is 23.2 Å². The highest BCUT2D eigenvalue weighted by atomic mass is 32.1. The number of hydrazine groups is 1. The second-order valence-corrected chi connectivity index (χ2v) is 8.31. The molecule has 2 aliphatic rings. The van der Waals surface area contributed by atoms with Gasteiger partial charge in [-0.15, -0.1) is 21.5 Å². The molecule has 1 aliphatic heterocycles. The highest BCUT2D eigenvalue weighted by Crippen LogP contribution is 2.43. The van der Waals surface area contributed by atoms with Gasteiger partial charge < -0.3 is 10.1 Å². The zero-order chi connectivity index (χ0) is 20.6. The van der Waals surface area contributed by atoms with Gasteiger partial charge in [-0.3, -0.25) is 10.4 Å². The Balaban J connectivity index is 1.26. The van der Waals surface area contributed by atoms with Crippen LogP contribution in [-0.2, 0) is 10.2 Å². The van der Waals surface area contributed by atoms with Crippen LogP contribution in [0.4, 0.5) is 15.0 Å². The van der Waals surface area contributed by atoms with Crippen molar-refractivity contribution in [1.29, 1.82) is 0 Å². The average molecular weight is 427 g/mol. The molecule has 4 heterocycles. The fraction of sp³-hybridized carbons (Fsp3) is 0.316. The Labute approximate surface area is 175 Å². The number of cyclic esters (lactones) is 1. The zero-order valence-electron chi connectivity index (χ0n) is 15.8. The number of halogens is 1. The van der Waals surface area contributed by atoms with Crippen LogP contribution < -0.4 is 16.2 Å². The standard InChI is InChI=1S/C19H18FN7O2S/c20-11-3-1-8-21-15(11)19(6-2-7-19)10-23-14-5-4-12(24-25-14)17-22-9-13(30-17)16-26-27-18(28)29-16/h1,3-5,8-9,16,26H,2,6-7,10H2,(H,23,25)(H,27,28). The first-order chi connectivity index (χ1) is 14.6. The van der Waals surface area contributed by atoms with Crippen LogP contribution in [0.1, 0.15) is 36.1 Å². The van der Waals surface area contributed by atoms with Crippen molar-refractivity contribution in [3.63, 3.8) is 0 Å². The smallest absolute Gasteiger partial charge is 0.423 e. The Kier molecular flexibility index (Phi) is 4.75. The lowest BCUT2D eigenvalue weighted by molar-refractivity contribution is 0.132. The average Bonchev–Trinajstić information content (AvgIpc) is 3.38. The van der Waals surface area contributed by atoms with Crippen molar-refractivity contribution in [1.82, 2.24) is 31.0 Å². The summed E-state index contributed by atoms with van der Waals surface area (Å²) in [5.74, 6) is 0.339. The Bertz CT molecular complexity index is 1070. The number of rotatable bonds is 6. The fourth-order valence-corrected chi connectivity index (χ4v) is 4.48. The summed E-state index contributed by atoms with van der Waals surface area (Å²) >= 11 is 1.36. The van der Waals surface area contributed by atoms with Gasteiger partial charge in [0, 0.05) is 24.4 Å². The normalized spacial score (nSPS) is 19.6. The van der Waals surface area contributed by atoms with Gasteiger partial charge in [0.1, 0.15) is 22.3 Å². The van der Waals surface area contributed by atoms with Gasteiger partial charge in [0.05, 0.1) is 10.6 Å². The number of pyridine rings is 1. The molecule has 5 rings (SSSR count). The minimum absolute atomic E-state index is 0.266. The molecule has 154 valence electrons. The van der Waals surface area contributed by atoms with Gasteiger partial charge in [-0.1, -0.05) is 6.42 Å². The van der Waals surface area contributed by atoms with E-state index in [4.69, 9.17) is 4.74 Å². The van der Waals surface area contributed by atoms with Gasteiger partial charge in [-0.25, -0.2) is 14.2 Å². The third-order valence-corrected chi connectivity index (χ3v) is 6.44. The summed E-state index contributed by atoms with van der Waals surface area (Å²) in [5.41, 5.74) is 5.92. The van der Waals surface area contributed by atoms with Gasteiger partial charge in [0.15, 0.2) is 0 Å². The number of hydrogen-bond acceptors (Lipinski definition) is 9. The van der Waals surface area contributed by atoms with Crippen LogP contribution in [0.25, 0.3) is 10.7 Å². The second-order valence-electron chi connectivity index (χ2n) is 7.25. The molecule has 0 aromatic carbocycles. The lowest BCUT2D eigenvalue weighted by Gasteiger charge is -2.41. The molecule has 3 aromatic rings. The maximum absolute atomic E-state index is 14.2. The first-order valence-electron chi connectivity index (χ1n) is 9.50. The van der Waals surface area contributed by atoms with Gasteiger partial charge in [0.25, 0.3) is 0 Å². The van der Waals surface area contributed by atoms with E-state index in [0.29, 0.717) is 28.8 Å². The van der Waals surface area contributed by atoms with Crippen LogP contribution >= 0.6 is 11.3 Å². The largest absolute Gasteiger partial charge is 0.423 e. The number of anilines is 1. The van der Waals surface area contributed by atoms with Crippen LogP contribution in [0, 0.1) is 5.82 Å². The van der Waals surface area contributed by atoms with Crippen molar-refractivity contribution in [2.45, 2.75) is 30.9 Å². The van der Waals surface area contributed by atoms with Crippen LogP contribution in [0.2, 0.25) is 0 Å². The Morgan fingerprint density at radius 2 is 2.17 bits per heavy atom. The van der Waals surface area contributed by atoms with Gasteiger partial charge >= 0.3 is 6.09 Å². The van der Waals surface area contributed by atoms with Crippen LogP contribution in [0.3, 0.4) is 0 Å². The molecule has 2 fully saturated rings. The van der Waals surface area contributed by atoms with Crippen molar-refractivity contribution in [2.75, 3.05) is 11.9 Å². The number of hydrogen-bond donors (Lipinski definition) is 3. The third kappa shape index (κ3) is 3.46. The summed E-state index contributed by atoms with van der Waals surface area (Å²) < 4.78 is 19.3. The van der Waals surface area contributed by atoms with E-state index in [9.17, 15) is 9.18 Å². The Morgan fingerprint density at radius 1 is 1.27 bits per heavy atom. The molecule has 0 spiro atoms. The number of carbonyl (C=O) groups is 1. The molecule has 3 N–H and O–H groups in total. The quantitative estimate of drug-likeness (QED) is 0.550. The molecule has 0 bridgehead atoms. The van der Waals surface area contributed by atoms with Crippen LogP contribution in [-0.4, -0.2) is 32.8 Å². The topological polar surface area (TPSA) is 114 Å². The number of amides is 1. The maximum atomic E-state index is 14.2. The Hall–Kier alpha value is -3.18. The molecule has 30 heavy (non-hydrogen) atoms. The maximum Gasteiger partial charge on any atom is 0.423 e. The van der Waals surface area contributed by atoms with E-state index in [1.165, 1.54) is 17.4 Å². The lowest BCUT2D eigenvalue weighted by atomic mass is 9.66. The van der Waals surface area contributed by atoms with Crippen LogP contribution in [0.15, 0.2) is 36.7 Å². The van der Waals surface area contributed by atoms with E-state index in [-0.39, 0.29) is 11.2 Å². The first kappa shape index (κ1) is 18.8. The molecule has 1 aliphatic carbocycles. The van der Waals surface area contributed by atoms with E-state index >= 15 is 0 Å². The summed E-state index contributed by atoms with van der Waals surface area (Å²) in [6.45, 7) is 0.544. The fourth-order valence-electron chi connectivity index (χ4n) is 3.62. The minimum Gasteiger partial charge on any atom is -0.423 e. The van der Waals surface area contributed by atoms with E-state index in [1.807, 2.05) is 12.1 Å². The minimum atomic E-state index is -0.566. The number of nitrogens with one attached hydrogen (secondary N) is 3. The van der Waals surface area contributed by atoms with E-state index in [1.54, 1.807) is 18.5 Å². The van der Waals surface area contributed by atoms with E-state index in [2.05, 4.69) is 36.3 Å². The molecule has 3 aromatic heterocycles. The molecule has 1 saturated carbocycles. The van der Waals surface area contributed by atoms with Crippen LogP contribution in [0.5, 0.6) is 0 Å².